The highest BCUT2D eigenvalue weighted by Gasteiger charge is 2.34. The molecule has 0 aromatic heterocycles. The summed E-state index contributed by atoms with van der Waals surface area (Å²) in [4.78, 5) is 28.8. The van der Waals surface area contributed by atoms with E-state index in [4.69, 9.17) is 4.74 Å². The lowest BCUT2D eigenvalue weighted by molar-refractivity contribution is -0.140. The average molecular weight is 552 g/mol. The van der Waals surface area contributed by atoms with E-state index in [2.05, 4.69) is 5.32 Å². The molecule has 208 valence electrons. The molecule has 0 aliphatic rings. The number of benzene rings is 3. The van der Waals surface area contributed by atoms with E-state index in [1.165, 1.54) is 17.0 Å². The molecule has 0 aliphatic heterocycles. The zero-order chi connectivity index (χ0) is 28.6. The van der Waals surface area contributed by atoms with Crippen molar-refractivity contribution in [2.75, 3.05) is 18.0 Å². The van der Waals surface area contributed by atoms with Crippen molar-refractivity contribution in [1.29, 1.82) is 0 Å². The van der Waals surface area contributed by atoms with Crippen LogP contribution in [0.15, 0.2) is 83.8 Å². The third kappa shape index (κ3) is 7.38. The van der Waals surface area contributed by atoms with E-state index in [9.17, 15) is 18.0 Å². The van der Waals surface area contributed by atoms with Crippen LogP contribution < -0.4 is 14.4 Å². The monoisotopic (exact) mass is 551 g/mol. The number of sulfonamides is 1. The van der Waals surface area contributed by atoms with Crippen molar-refractivity contribution in [2.24, 2.45) is 0 Å². The molecule has 0 unspecified atom stereocenters. The predicted molar refractivity (Wildman–Crippen MR) is 153 cm³/mol. The molecule has 1 atom stereocenters. The Labute approximate surface area is 231 Å². The van der Waals surface area contributed by atoms with Gasteiger partial charge < -0.3 is 15.0 Å². The Hall–Kier alpha value is -3.85. The maximum Gasteiger partial charge on any atom is 0.264 e. The largest absolute Gasteiger partial charge is 0.497 e. The van der Waals surface area contributed by atoms with Gasteiger partial charge in [-0.1, -0.05) is 55.5 Å². The normalized spacial score (nSPS) is 12.1. The minimum atomic E-state index is -4.09. The van der Waals surface area contributed by atoms with Crippen LogP contribution in [0.5, 0.6) is 5.75 Å². The summed E-state index contributed by atoms with van der Waals surface area (Å²) in [6.07, 6.45) is 0.357. The average Bonchev–Trinajstić information content (AvgIpc) is 2.92. The number of rotatable bonds is 12. The van der Waals surface area contributed by atoms with Crippen molar-refractivity contribution in [3.8, 4) is 5.75 Å². The van der Waals surface area contributed by atoms with Crippen LogP contribution in [-0.4, -0.2) is 50.9 Å². The highest BCUT2D eigenvalue weighted by atomic mass is 32.2. The number of hydrogen-bond donors (Lipinski definition) is 1. The number of ether oxygens (including phenoxy) is 1. The van der Waals surface area contributed by atoms with Crippen LogP contribution in [0.3, 0.4) is 0 Å². The first-order valence-corrected chi connectivity index (χ1v) is 14.4. The number of hydrogen-bond acceptors (Lipinski definition) is 5. The second-order valence-corrected chi connectivity index (χ2v) is 11.4. The van der Waals surface area contributed by atoms with Gasteiger partial charge in [0.2, 0.25) is 11.8 Å². The summed E-state index contributed by atoms with van der Waals surface area (Å²) in [6, 6.07) is 21.4. The first kappa shape index (κ1) is 29.7. The molecule has 0 heterocycles. The Balaban J connectivity index is 2.05. The van der Waals surface area contributed by atoms with Gasteiger partial charge in [0.15, 0.2) is 0 Å². The van der Waals surface area contributed by atoms with Crippen LogP contribution in [0.1, 0.15) is 38.3 Å². The van der Waals surface area contributed by atoms with E-state index in [1.807, 2.05) is 39.0 Å². The zero-order valence-electron chi connectivity index (χ0n) is 23.1. The first-order chi connectivity index (χ1) is 18.6. The summed E-state index contributed by atoms with van der Waals surface area (Å²) in [6.45, 7) is 6.99. The molecule has 8 nitrogen and oxygen atoms in total. The lowest BCUT2D eigenvalue weighted by Gasteiger charge is -2.34. The van der Waals surface area contributed by atoms with E-state index in [1.54, 1.807) is 62.6 Å². The van der Waals surface area contributed by atoms with E-state index in [-0.39, 0.29) is 23.4 Å². The smallest absolute Gasteiger partial charge is 0.264 e. The summed E-state index contributed by atoms with van der Waals surface area (Å²) >= 11 is 0. The van der Waals surface area contributed by atoms with Crippen molar-refractivity contribution in [3.05, 3.63) is 90.0 Å². The SMILES string of the molecule is CC[C@H](C(=O)NC(C)C)N(Cc1ccc(OC)cc1)C(=O)CN(c1ccccc1C)S(=O)(=O)c1ccccc1. The van der Waals surface area contributed by atoms with E-state index in [0.717, 1.165) is 9.87 Å². The number of nitrogens with one attached hydrogen (secondary N) is 1. The van der Waals surface area contributed by atoms with Gasteiger partial charge in [-0.25, -0.2) is 8.42 Å². The minimum absolute atomic E-state index is 0.0762. The Kier molecular flexibility index (Phi) is 10.1. The van der Waals surface area contributed by atoms with Gasteiger partial charge in [0.25, 0.3) is 10.0 Å². The molecule has 0 radical (unpaired) electrons. The summed E-state index contributed by atoms with van der Waals surface area (Å²) in [5, 5.41) is 2.90. The molecule has 0 aliphatic carbocycles. The fraction of sp³-hybridized carbons (Fsp3) is 0.333. The van der Waals surface area contributed by atoms with Gasteiger partial charge in [0.05, 0.1) is 17.7 Å². The van der Waals surface area contributed by atoms with E-state index in [0.29, 0.717) is 23.4 Å². The lowest BCUT2D eigenvalue weighted by Crippen LogP contribution is -2.53. The number of nitrogens with zero attached hydrogens (tertiary/aromatic N) is 2. The molecule has 3 aromatic carbocycles. The summed E-state index contributed by atoms with van der Waals surface area (Å²) < 4.78 is 34.1. The van der Waals surface area contributed by atoms with Crippen molar-refractivity contribution < 1.29 is 22.7 Å². The number of carbonyl (C=O) groups is 2. The summed E-state index contributed by atoms with van der Waals surface area (Å²) in [5.74, 6) is -0.108. The maximum absolute atomic E-state index is 14.0. The second kappa shape index (κ2) is 13.3. The third-order valence-corrected chi connectivity index (χ3v) is 8.10. The third-order valence-electron chi connectivity index (χ3n) is 6.32. The van der Waals surface area contributed by atoms with Crippen LogP contribution in [0.4, 0.5) is 5.69 Å². The maximum atomic E-state index is 14.0. The summed E-state index contributed by atoms with van der Waals surface area (Å²) in [5.41, 5.74) is 1.89. The number of anilines is 1. The van der Waals surface area contributed by atoms with E-state index < -0.39 is 28.5 Å². The predicted octanol–water partition coefficient (Wildman–Crippen LogP) is 4.53. The fourth-order valence-corrected chi connectivity index (χ4v) is 5.80. The molecule has 0 spiro atoms. The Morgan fingerprint density at radius 3 is 2.10 bits per heavy atom. The zero-order valence-corrected chi connectivity index (χ0v) is 23.9. The molecule has 0 saturated carbocycles. The number of amides is 2. The van der Waals surface area contributed by atoms with Gasteiger partial charge in [-0.05, 0) is 68.7 Å². The first-order valence-electron chi connectivity index (χ1n) is 12.9. The highest BCUT2D eigenvalue weighted by Crippen LogP contribution is 2.27. The molecule has 1 N–H and O–H groups in total. The number of aryl methyl sites for hydroxylation is 1. The minimum Gasteiger partial charge on any atom is -0.497 e. The fourth-order valence-electron chi connectivity index (χ4n) is 4.30. The van der Waals surface area contributed by atoms with Crippen LogP contribution in [0.2, 0.25) is 0 Å². The molecule has 9 heteroatoms. The van der Waals surface area contributed by atoms with Gasteiger partial charge in [-0.15, -0.1) is 0 Å². The van der Waals surface area contributed by atoms with Crippen LogP contribution in [-0.2, 0) is 26.2 Å². The molecule has 39 heavy (non-hydrogen) atoms. The van der Waals surface area contributed by atoms with Crippen LogP contribution >= 0.6 is 0 Å². The van der Waals surface area contributed by atoms with Gasteiger partial charge in [-0.2, -0.15) is 0 Å². The molecule has 2 amide bonds. The van der Waals surface area contributed by atoms with Crippen molar-refractivity contribution >= 4 is 27.5 Å². The Morgan fingerprint density at radius 2 is 1.54 bits per heavy atom. The van der Waals surface area contributed by atoms with E-state index >= 15 is 0 Å². The number of methoxy groups -OCH3 is 1. The molecular formula is C30H37N3O5S. The summed E-state index contributed by atoms with van der Waals surface area (Å²) in [7, 11) is -2.52. The van der Waals surface area contributed by atoms with Gasteiger partial charge in [-0.3, -0.25) is 13.9 Å². The molecule has 0 fully saturated rings. The Bertz CT molecular complexity index is 1360. The van der Waals surface area contributed by atoms with Crippen molar-refractivity contribution in [3.63, 3.8) is 0 Å². The standard InChI is InChI=1S/C30H37N3O5S/c1-6-27(30(35)31-22(2)3)32(20-24-16-18-25(38-5)19-17-24)29(34)21-33(28-15-11-10-12-23(28)4)39(36,37)26-13-8-7-9-14-26/h7-19,22,27H,6,20-21H2,1-5H3,(H,31,35)/t27-/m1/s1. The van der Waals surface area contributed by atoms with Gasteiger partial charge in [0.1, 0.15) is 18.3 Å². The number of carbonyl (C=O) groups excluding carboxylic acids is 2. The molecule has 0 bridgehead atoms. The number of para-hydroxylation sites is 1. The molecule has 3 rings (SSSR count). The lowest BCUT2D eigenvalue weighted by atomic mass is 10.1. The van der Waals surface area contributed by atoms with Crippen LogP contribution in [0.25, 0.3) is 0 Å². The Morgan fingerprint density at radius 1 is 0.923 bits per heavy atom. The quantitative estimate of drug-likeness (QED) is 0.357. The van der Waals surface area contributed by atoms with Gasteiger partial charge in [0, 0.05) is 12.6 Å². The van der Waals surface area contributed by atoms with Gasteiger partial charge >= 0.3 is 0 Å². The molecule has 3 aromatic rings. The second-order valence-electron chi connectivity index (χ2n) is 9.57. The highest BCUT2D eigenvalue weighted by molar-refractivity contribution is 7.92. The van der Waals surface area contributed by atoms with Crippen LogP contribution in [0, 0.1) is 6.92 Å². The molecular weight excluding hydrogens is 514 g/mol. The molecule has 0 saturated heterocycles. The van der Waals surface area contributed by atoms with Crippen molar-refractivity contribution in [1.82, 2.24) is 10.2 Å². The van der Waals surface area contributed by atoms with Crippen molar-refractivity contribution in [2.45, 2.75) is 57.6 Å². The topological polar surface area (TPSA) is 96.0 Å².